The Hall–Kier alpha value is -6.30. The third-order valence-electron chi connectivity index (χ3n) is 10.4. The molecule has 0 fully saturated rings. The molecule has 0 N–H and O–H groups in total. The Morgan fingerprint density at radius 1 is 0.549 bits per heavy atom. The van der Waals surface area contributed by atoms with E-state index in [1.165, 1.54) is 53.7 Å². The summed E-state index contributed by atoms with van der Waals surface area (Å²) in [6, 6.07) is 58.3. The van der Waals surface area contributed by atoms with Crippen LogP contribution in [0.15, 0.2) is 170 Å². The van der Waals surface area contributed by atoms with Crippen molar-refractivity contribution in [2.45, 2.75) is 0 Å². The first-order valence-electron chi connectivity index (χ1n) is 17.8. The van der Waals surface area contributed by atoms with E-state index in [0.29, 0.717) is 12.0 Å². The van der Waals surface area contributed by atoms with Gasteiger partial charge in [-0.25, -0.2) is 9.97 Å². The Morgan fingerprint density at radius 3 is 2.10 bits per heavy atom. The number of para-hydroxylation sites is 1. The lowest BCUT2D eigenvalue weighted by Gasteiger charge is -2.39. The van der Waals surface area contributed by atoms with Gasteiger partial charge in [0.2, 0.25) is 5.95 Å². The number of hydrogen-bond acceptors (Lipinski definition) is 4. The maximum atomic E-state index is 8.65. The van der Waals surface area contributed by atoms with E-state index in [0.717, 1.165) is 37.9 Å². The maximum Gasteiger partial charge on any atom is 0.332 e. The van der Waals surface area contributed by atoms with Gasteiger partial charge in [0.05, 0.1) is 23.0 Å². The van der Waals surface area contributed by atoms with Crippen LogP contribution in [0.4, 0.5) is 11.6 Å². The zero-order valence-corrected chi connectivity index (χ0v) is 28.2. The largest absolute Gasteiger partial charge is 0.344 e. The van der Waals surface area contributed by atoms with E-state index in [-0.39, 0.29) is 6.85 Å². The first kappa shape index (κ1) is 27.5. The molecule has 10 aromatic rings. The zero-order chi connectivity index (χ0) is 34.3. The van der Waals surface area contributed by atoms with Crippen molar-refractivity contribution >= 4 is 93.4 Å². The second-order valence-corrected chi connectivity index (χ2v) is 14.2. The Balaban J connectivity index is 1.38. The van der Waals surface area contributed by atoms with Crippen LogP contribution in [-0.2, 0) is 0 Å². The Kier molecular flexibility index (Phi) is 5.99. The predicted molar refractivity (Wildman–Crippen MR) is 218 cm³/mol. The van der Waals surface area contributed by atoms with Crippen LogP contribution in [0.2, 0.25) is 0 Å². The molecule has 0 radical (unpaired) electrons. The van der Waals surface area contributed by atoms with Crippen molar-refractivity contribution in [3.63, 3.8) is 0 Å². The van der Waals surface area contributed by atoms with Crippen LogP contribution in [0.25, 0.3) is 75.0 Å². The van der Waals surface area contributed by atoms with Gasteiger partial charge in [-0.15, -0.1) is 11.3 Å². The molecule has 0 bridgehead atoms. The maximum absolute atomic E-state index is 8.65. The lowest BCUT2D eigenvalue weighted by Crippen LogP contribution is -2.58. The van der Waals surface area contributed by atoms with Gasteiger partial charge in [-0.2, -0.15) is 0 Å². The first-order valence-corrected chi connectivity index (χ1v) is 18.1. The van der Waals surface area contributed by atoms with Crippen molar-refractivity contribution < 1.29 is 1.37 Å². The molecule has 0 aliphatic carbocycles. The lowest BCUT2D eigenvalue weighted by atomic mass is 9.45. The molecule has 0 amide bonds. The lowest BCUT2D eigenvalue weighted by molar-refractivity contribution is 1.16. The number of aromatic nitrogens is 2. The Bertz CT molecular complexity index is 3050. The summed E-state index contributed by atoms with van der Waals surface area (Å²) >= 11 is 1.80. The van der Waals surface area contributed by atoms with Crippen molar-refractivity contribution in [2.24, 2.45) is 0 Å². The van der Waals surface area contributed by atoms with Crippen LogP contribution in [-0.4, -0.2) is 16.8 Å². The van der Waals surface area contributed by atoms with E-state index in [9.17, 15) is 0 Å². The van der Waals surface area contributed by atoms with Gasteiger partial charge >= 0.3 is 6.85 Å². The van der Waals surface area contributed by atoms with E-state index in [1.807, 2.05) is 18.2 Å². The number of nitrogens with zero attached hydrogens (tertiary/aromatic N) is 3. The molecule has 0 atom stereocenters. The average molecular weight is 667 g/mol. The standard InChI is InChI=1S/C46H28BN3S/c1-3-16-30(17-4-1)43-35-23-11-13-25-38(35)48-46(49-43)50-44-42(34-22-10-9-21-33(34)40-36-24-12-14-26-39(36)51-45(40)44)41-32-20-8-7-15-29(32)27-28-37(41)47(50)31-18-5-2-6-19-31/h1-28H/i12D. The zero-order valence-electron chi connectivity index (χ0n) is 28.4. The molecule has 236 valence electrons. The molecular weight excluding hydrogens is 637 g/mol. The van der Waals surface area contributed by atoms with Gasteiger partial charge in [-0.3, -0.25) is 0 Å². The fraction of sp³-hybridized carbons (Fsp3) is 0. The minimum atomic E-state index is -0.223. The number of hydrogen-bond donors (Lipinski definition) is 0. The third-order valence-corrected chi connectivity index (χ3v) is 11.6. The van der Waals surface area contributed by atoms with Crippen LogP contribution in [0.5, 0.6) is 0 Å². The molecule has 5 heteroatoms. The second-order valence-electron chi connectivity index (χ2n) is 13.2. The molecule has 0 saturated carbocycles. The van der Waals surface area contributed by atoms with E-state index < -0.39 is 0 Å². The van der Waals surface area contributed by atoms with Crippen LogP contribution < -0.4 is 15.7 Å². The summed E-state index contributed by atoms with van der Waals surface area (Å²) in [5.74, 6) is 0.654. The summed E-state index contributed by atoms with van der Waals surface area (Å²) < 4.78 is 11.0. The summed E-state index contributed by atoms with van der Waals surface area (Å²) in [5.41, 5.74) is 8.79. The van der Waals surface area contributed by atoms with Crippen LogP contribution >= 0.6 is 11.3 Å². The monoisotopic (exact) mass is 666 g/mol. The van der Waals surface area contributed by atoms with Crippen molar-refractivity contribution in [3.05, 3.63) is 170 Å². The fourth-order valence-electron chi connectivity index (χ4n) is 8.29. The van der Waals surface area contributed by atoms with Crippen molar-refractivity contribution in [3.8, 4) is 22.4 Å². The highest BCUT2D eigenvalue weighted by molar-refractivity contribution is 7.26. The van der Waals surface area contributed by atoms with E-state index in [1.54, 1.807) is 11.3 Å². The summed E-state index contributed by atoms with van der Waals surface area (Å²) in [6.45, 7) is -0.223. The third kappa shape index (κ3) is 4.19. The number of rotatable bonds is 3. The van der Waals surface area contributed by atoms with Crippen LogP contribution in [0.1, 0.15) is 1.37 Å². The van der Waals surface area contributed by atoms with E-state index in [2.05, 4.69) is 150 Å². The summed E-state index contributed by atoms with van der Waals surface area (Å²) in [6.07, 6.45) is 0. The highest BCUT2D eigenvalue weighted by Crippen LogP contribution is 2.54. The molecule has 3 heterocycles. The number of benzene rings is 8. The van der Waals surface area contributed by atoms with Gasteiger partial charge in [0.1, 0.15) is 0 Å². The molecule has 3 nitrogen and oxygen atoms in total. The molecule has 0 saturated heterocycles. The molecular formula is C46H28BN3S. The molecule has 1 aliphatic rings. The van der Waals surface area contributed by atoms with Gasteiger partial charge in [0.25, 0.3) is 0 Å². The molecule has 0 spiro atoms. The number of thiophene rings is 1. The molecule has 51 heavy (non-hydrogen) atoms. The molecule has 1 aliphatic heterocycles. The van der Waals surface area contributed by atoms with Gasteiger partial charge in [-0.05, 0) is 44.7 Å². The van der Waals surface area contributed by atoms with E-state index in [4.69, 9.17) is 11.3 Å². The average Bonchev–Trinajstić information content (AvgIpc) is 3.59. The molecule has 0 unspecified atom stereocenters. The van der Waals surface area contributed by atoms with Crippen molar-refractivity contribution in [1.29, 1.82) is 0 Å². The van der Waals surface area contributed by atoms with Crippen LogP contribution in [0.3, 0.4) is 0 Å². The van der Waals surface area contributed by atoms with Crippen LogP contribution in [0, 0.1) is 0 Å². The summed E-state index contributed by atoms with van der Waals surface area (Å²) in [7, 11) is 0. The minimum absolute atomic E-state index is 0.223. The predicted octanol–water partition coefficient (Wildman–Crippen LogP) is 10.9. The SMILES string of the molecule is [2H]c1ccc2sc3c4c(c5ccccc5c3c2c1)-c1c(ccc2ccccc12)B(c1ccccc1)N4c1nc(-c2ccccc2)c2ccccc2n1. The fourth-order valence-corrected chi connectivity index (χ4v) is 9.54. The van der Waals surface area contributed by atoms with Gasteiger partial charge in [0.15, 0.2) is 0 Å². The number of anilines is 2. The topological polar surface area (TPSA) is 29.0 Å². The van der Waals surface area contributed by atoms with Gasteiger partial charge in [-0.1, -0.05) is 163 Å². The smallest absolute Gasteiger partial charge is 0.332 e. The van der Waals surface area contributed by atoms with Gasteiger partial charge < -0.3 is 4.81 Å². The van der Waals surface area contributed by atoms with Crippen molar-refractivity contribution in [2.75, 3.05) is 4.81 Å². The van der Waals surface area contributed by atoms with Crippen molar-refractivity contribution in [1.82, 2.24) is 9.97 Å². The molecule has 2 aromatic heterocycles. The van der Waals surface area contributed by atoms with E-state index >= 15 is 0 Å². The first-order chi connectivity index (χ1) is 25.7. The molecule has 8 aromatic carbocycles. The summed E-state index contributed by atoms with van der Waals surface area (Å²) in [4.78, 5) is 13.4. The number of fused-ring (bicyclic) bond motifs is 13. The normalized spacial score (nSPS) is 12.9. The minimum Gasteiger partial charge on any atom is -0.344 e. The Labute approximate surface area is 300 Å². The molecule has 11 rings (SSSR count). The van der Waals surface area contributed by atoms with Gasteiger partial charge in [0, 0.05) is 32.0 Å². The highest BCUT2D eigenvalue weighted by atomic mass is 32.1. The second kappa shape index (κ2) is 11.1. The summed E-state index contributed by atoms with van der Waals surface area (Å²) in [5, 5.41) is 8.10. The highest BCUT2D eigenvalue weighted by Gasteiger charge is 2.42. The quantitative estimate of drug-likeness (QED) is 0.176. The Morgan fingerprint density at radius 2 is 1.25 bits per heavy atom.